The second-order valence-corrected chi connectivity index (χ2v) is 6.06. The lowest BCUT2D eigenvalue weighted by Gasteiger charge is -2.25. The molecule has 5 heteroatoms. The number of ether oxygens (including phenoxy) is 1. The van der Waals surface area contributed by atoms with Crippen molar-refractivity contribution in [3.63, 3.8) is 0 Å². The van der Waals surface area contributed by atoms with Crippen LogP contribution in [-0.2, 0) is 13.0 Å². The highest BCUT2D eigenvalue weighted by Crippen LogP contribution is 2.29. The lowest BCUT2D eigenvalue weighted by Crippen LogP contribution is -2.40. The van der Waals surface area contributed by atoms with Gasteiger partial charge in [0.15, 0.2) is 0 Å². The number of hydrogen-bond donors (Lipinski definition) is 0. The minimum absolute atomic E-state index is 0.0167. The molecule has 4 nitrogen and oxygen atoms in total. The first-order valence-electron chi connectivity index (χ1n) is 7.53. The van der Waals surface area contributed by atoms with E-state index in [1.807, 2.05) is 35.2 Å². The Morgan fingerprint density at radius 3 is 2.87 bits per heavy atom. The normalized spacial score (nSPS) is 12.9. The van der Waals surface area contributed by atoms with E-state index in [1.165, 1.54) is 5.56 Å². The molecule has 1 aliphatic rings. The van der Waals surface area contributed by atoms with Crippen LogP contribution in [0, 0.1) is 0 Å². The molecule has 0 saturated heterocycles. The lowest BCUT2D eigenvalue weighted by molar-refractivity contribution is 0.213. The van der Waals surface area contributed by atoms with Gasteiger partial charge < -0.3 is 9.64 Å². The van der Waals surface area contributed by atoms with E-state index < -0.39 is 0 Å². The molecule has 0 saturated carbocycles. The van der Waals surface area contributed by atoms with Crippen molar-refractivity contribution in [3.05, 3.63) is 58.6 Å². The fourth-order valence-electron chi connectivity index (χ4n) is 2.94. The average molecular weight is 331 g/mol. The number of urea groups is 1. The van der Waals surface area contributed by atoms with Crippen molar-refractivity contribution in [3.8, 4) is 5.75 Å². The minimum Gasteiger partial charge on any atom is -0.496 e. The van der Waals surface area contributed by atoms with E-state index >= 15 is 0 Å². The van der Waals surface area contributed by atoms with Crippen LogP contribution in [0.15, 0.2) is 42.5 Å². The number of para-hydroxylation sites is 1. The Morgan fingerprint density at radius 1 is 1.30 bits per heavy atom. The van der Waals surface area contributed by atoms with Crippen LogP contribution in [0.2, 0.25) is 5.02 Å². The summed E-state index contributed by atoms with van der Waals surface area (Å²) in [7, 11) is 3.41. The smallest absolute Gasteiger partial charge is 0.324 e. The summed E-state index contributed by atoms with van der Waals surface area (Å²) in [5.74, 6) is 0.732. The summed E-state index contributed by atoms with van der Waals surface area (Å²) in [5.41, 5.74) is 3.11. The predicted octanol–water partition coefficient (Wildman–Crippen LogP) is 3.96. The van der Waals surface area contributed by atoms with Gasteiger partial charge in [-0.1, -0.05) is 29.8 Å². The maximum atomic E-state index is 12.8. The molecule has 120 valence electrons. The van der Waals surface area contributed by atoms with Gasteiger partial charge in [-0.3, -0.25) is 4.90 Å². The van der Waals surface area contributed by atoms with Crippen molar-refractivity contribution >= 4 is 23.3 Å². The van der Waals surface area contributed by atoms with Gasteiger partial charge in [-0.2, -0.15) is 0 Å². The Kier molecular flexibility index (Phi) is 4.44. The molecule has 2 amide bonds. The fraction of sp³-hybridized carbons (Fsp3) is 0.278. The number of hydrogen-bond acceptors (Lipinski definition) is 2. The summed E-state index contributed by atoms with van der Waals surface area (Å²) < 4.78 is 5.35. The average Bonchev–Trinajstić information content (AvgIpc) is 2.98. The number of benzene rings is 2. The molecule has 0 radical (unpaired) electrons. The third-order valence-electron chi connectivity index (χ3n) is 4.09. The topological polar surface area (TPSA) is 32.8 Å². The predicted molar refractivity (Wildman–Crippen MR) is 92.4 cm³/mol. The number of halogens is 1. The number of anilines is 1. The van der Waals surface area contributed by atoms with E-state index in [0.717, 1.165) is 30.0 Å². The SMILES string of the molecule is COc1ccc(Cl)cc1CN(C)C(=O)N1CCc2ccccc21. The van der Waals surface area contributed by atoms with E-state index in [9.17, 15) is 4.79 Å². The van der Waals surface area contributed by atoms with Gasteiger partial charge in [-0.05, 0) is 36.2 Å². The van der Waals surface area contributed by atoms with Gasteiger partial charge in [0.2, 0.25) is 0 Å². The molecular formula is C18H19ClN2O2. The quantitative estimate of drug-likeness (QED) is 0.853. The van der Waals surface area contributed by atoms with Crippen LogP contribution in [0.4, 0.5) is 10.5 Å². The maximum Gasteiger partial charge on any atom is 0.324 e. The second kappa shape index (κ2) is 6.50. The zero-order valence-corrected chi connectivity index (χ0v) is 14.0. The third-order valence-corrected chi connectivity index (χ3v) is 4.33. The van der Waals surface area contributed by atoms with Gasteiger partial charge >= 0.3 is 6.03 Å². The van der Waals surface area contributed by atoms with Crippen LogP contribution in [0.3, 0.4) is 0 Å². The zero-order chi connectivity index (χ0) is 16.4. The van der Waals surface area contributed by atoms with Crippen molar-refractivity contribution in [1.29, 1.82) is 0 Å². The first-order valence-corrected chi connectivity index (χ1v) is 7.91. The molecule has 0 fully saturated rings. The molecule has 0 aromatic heterocycles. The van der Waals surface area contributed by atoms with Crippen molar-refractivity contribution < 1.29 is 9.53 Å². The van der Waals surface area contributed by atoms with Crippen molar-refractivity contribution in [2.24, 2.45) is 0 Å². The molecule has 2 aromatic rings. The number of carbonyl (C=O) groups excluding carboxylic acids is 1. The summed E-state index contributed by atoms with van der Waals surface area (Å²) in [5, 5.41) is 0.633. The molecule has 3 rings (SSSR count). The summed E-state index contributed by atoms with van der Waals surface area (Å²) in [6.45, 7) is 1.16. The van der Waals surface area contributed by atoms with E-state index in [4.69, 9.17) is 16.3 Å². The Labute approximate surface area is 141 Å². The van der Waals surface area contributed by atoms with E-state index in [0.29, 0.717) is 11.6 Å². The number of fused-ring (bicyclic) bond motifs is 1. The van der Waals surface area contributed by atoms with Crippen molar-refractivity contribution in [1.82, 2.24) is 4.90 Å². The van der Waals surface area contributed by atoms with Crippen LogP contribution in [-0.4, -0.2) is 31.6 Å². The van der Waals surface area contributed by atoms with Gasteiger partial charge in [0.25, 0.3) is 0 Å². The summed E-state index contributed by atoms with van der Waals surface area (Å²) in [6.07, 6.45) is 0.899. The first-order chi connectivity index (χ1) is 11.1. The molecule has 0 N–H and O–H groups in total. The number of nitrogens with zero attached hydrogens (tertiary/aromatic N) is 2. The monoisotopic (exact) mass is 330 g/mol. The second-order valence-electron chi connectivity index (χ2n) is 5.63. The molecule has 0 atom stereocenters. The lowest BCUT2D eigenvalue weighted by atomic mass is 10.2. The number of carbonyl (C=O) groups is 1. The highest BCUT2D eigenvalue weighted by atomic mass is 35.5. The van der Waals surface area contributed by atoms with Gasteiger partial charge in [-0.15, -0.1) is 0 Å². The molecule has 1 heterocycles. The largest absolute Gasteiger partial charge is 0.496 e. The molecule has 23 heavy (non-hydrogen) atoms. The van der Waals surface area contributed by atoms with Crippen LogP contribution in [0.25, 0.3) is 0 Å². The molecule has 2 aromatic carbocycles. The third kappa shape index (κ3) is 3.13. The van der Waals surface area contributed by atoms with Gasteiger partial charge in [0.05, 0.1) is 13.7 Å². The molecule has 0 spiro atoms. The molecule has 0 unspecified atom stereocenters. The molecular weight excluding hydrogens is 312 g/mol. The minimum atomic E-state index is -0.0167. The fourth-order valence-corrected chi connectivity index (χ4v) is 3.13. The molecule has 0 bridgehead atoms. The number of rotatable bonds is 3. The van der Waals surface area contributed by atoms with Crippen LogP contribution in [0.1, 0.15) is 11.1 Å². The standard InChI is InChI=1S/C18H19ClN2O2/c1-20(12-14-11-15(19)7-8-17(14)23-2)18(22)21-10-9-13-5-3-4-6-16(13)21/h3-8,11H,9-10,12H2,1-2H3. The summed E-state index contributed by atoms with van der Waals surface area (Å²) in [6, 6.07) is 13.5. The van der Waals surface area contributed by atoms with Crippen LogP contribution >= 0.6 is 11.6 Å². The summed E-state index contributed by atoms with van der Waals surface area (Å²) in [4.78, 5) is 16.3. The number of amides is 2. The van der Waals surface area contributed by atoms with Crippen LogP contribution < -0.4 is 9.64 Å². The molecule has 1 aliphatic heterocycles. The van der Waals surface area contributed by atoms with Crippen LogP contribution in [0.5, 0.6) is 5.75 Å². The Morgan fingerprint density at radius 2 is 2.09 bits per heavy atom. The van der Waals surface area contributed by atoms with Gasteiger partial charge in [0.1, 0.15) is 5.75 Å². The van der Waals surface area contributed by atoms with Gasteiger partial charge in [0, 0.05) is 29.9 Å². The summed E-state index contributed by atoms with van der Waals surface area (Å²) >= 11 is 6.06. The highest BCUT2D eigenvalue weighted by molar-refractivity contribution is 6.30. The Hall–Kier alpha value is -2.20. The Bertz CT molecular complexity index is 733. The van der Waals surface area contributed by atoms with Crippen molar-refractivity contribution in [2.75, 3.05) is 25.6 Å². The van der Waals surface area contributed by atoms with E-state index in [1.54, 1.807) is 25.1 Å². The van der Waals surface area contributed by atoms with E-state index in [-0.39, 0.29) is 6.03 Å². The van der Waals surface area contributed by atoms with Crippen molar-refractivity contribution in [2.45, 2.75) is 13.0 Å². The van der Waals surface area contributed by atoms with Gasteiger partial charge in [-0.25, -0.2) is 4.79 Å². The number of methoxy groups -OCH3 is 1. The first kappa shape index (κ1) is 15.7. The zero-order valence-electron chi connectivity index (χ0n) is 13.3. The molecule has 0 aliphatic carbocycles. The van der Waals surface area contributed by atoms with E-state index in [2.05, 4.69) is 6.07 Å². The maximum absolute atomic E-state index is 12.8. The highest BCUT2D eigenvalue weighted by Gasteiger charge is 2.26. The Balaban J connectivity index is 1.78.